The molecule has 1 heterocycles. The summed E-state index contributed by atoms with van der Waals surface area (Å²) in [6.45, 7) is 6.47. The standard InChI is InChI=1S/C22H29NO4/c1-15-5-6-17(11-16(15)2)13-23-9-10-27-21(14-24)22(23)18-7-8-19(25-3)20(12-18)26-4/h5-8,11-12,21-22,24H,9-10,13-14H2,1-4H3/t21-,22-/m1/s1. The predicted octanol–water partition coefficient (Wildman–Crippen LogP) is 3.26. The van der Waals surface area contributed by atoms with Gasteiger partial charge in [0.2, 0.25) is 0 Å². The van der Waals surface area contributed by atoms with Crippen LogP contribution in [0.25, 0.3) is 0 Å². The zero-order valence-corrected chi connectivity index (χ0v) is 16.6. The van der Waals surface area contributed by atoms with E-state index in [2.05, 4.69) is 36.9 Å². The monoisotopic (exact) mass is 371 g/mol. The van der Waals surface area contributed by atoms with E-state index in [4.69, 9.17) is 14.2 Å². The number of nitrogens with zero attached hydrogens (tertiary/aromatic N) is 1. The van der Waals surface area contributed by atoms with E-state index < -0.39 is 0 Å². The molecule has 1 aliphatic heterocycles. The van der Waals surface area contributed by atoms with Crippen LogP contribution in [0.4, 0.5) is 0 Å². The highest BCUT2D eigenvalue weighted by molar-refractivity contribution is 5.44. The van der Waals surface area contributed by atoms with Crippen molar-refractivity contribution in [2.24, 2.45) is 0 Å². The lowest BCUT2D eigenvalue weighted by molar-refractivity contribution is -0.0961. The van der Waals surface area contributed by atoms with Gasteiger partial charge in [-0.1, -0.05) is 24.3 Å². The summed E-state index contributed by atoms with van der Waals surface area (Å²) < 4.78 is 16.7. The quantitative estimate of drug-likeness (QED) is 0.845. The number of rotatable bonds is 6. The lowest BCUT2D eigenvalue weighted by Crippen LogP contribution is -2.46. The second-order valence-electron chi connectivity index (χ2n) is 7.04. The average Bonchev–Trinajstić information content (AvgIpc) is 2.70. The molecule has 0 saturated carbocycles. The SMILES string of the molecule is COc1ccc([C@@H]2[C@@H](CO)OCCN2Cc2ccc(C)c(C)c2)cc1OC. The van der Waals surface area contributed by atoms with E-state index in [1.54, 1.807) is 14.2 Å². The van der Waals surface area contributed by atoms with Gasteiger partial charge in [-0.3, -0.25) is 4.90 Å². The lowest BCUT2D eigenvalue weighted by Gasteiger charge is -2.41. The fourth-order valence-corrected chi connectivity index (χ4v) is 3.72. The van der Waals surface area contributed by atoms with Crippen LogP contribution >= 0.6 is 0 Å². The van der Waals surface area contributed by atoms with Crippen molar-refractivity contribution < 1.29 is 19.3 Å². The maximum atomic E-state index is 9.91. The number of hydrogen-bond donors (Lipinski definition) is 1. The van der Waals surface area contributed by atoms with Crippen molar-refractivity contribution in [1.29, 1.82) is 0 Å². The fraction of sp³-hybridized carbons (Fsp3) is 0.455. The molecule has 0 amide bonds. The molecule has 0 aliphatic carbocycles. The Kier molecular flexibility index (Phi) is 6.37. The predicted molar refractivity (Wildman–Crippen MR) is 105 cm³/mol. The van der Waals surface area contributed by atoms with Crippen molar-refractivity contribution in [1.82, 2.24) is 4.90 Å². The fourth-order valence-electron chi connectivity index (χ4n) is 3.72. The summed E-state index contributed by atoms with van der Waals surface area (Å²) in [7, 11) is 3.26. The zero-order valence-electron chi connectivity index (χ0n) is 16.6. The Morgan fingerprint density at radius 1 is 1.04 bits per heavy atom. The topological polar surface area (TPSA) is 51.2 Å². The summed E-state index contributed by atoms with van der Waals surface area (Å²) >= 11 is 0. The second kappa shape index (κ2) is 8.74. The Morgan fingerprint density at radius 3 is 2.48 bits per heavy atom. The van der Waals surface area contributed by atoms with E-state index in [1.165, 1.54) is 16.7 Å². The van der Waals surface area contributed by atoms with Crippen molar-refractivity contribution in [3.8, 4) is 11.5 Å². The largest absolute Gasteiger partial charge is 0.493 e. The van der Waals surface area contributed by atoms with Gasteiger partial charge in [-0.25, -0.2) is 0 Å². The van der Waals surface area contributed by atoms with Crippen LogP contribution in [0, 0.1) is 13.8 Å². The molecule has 0 spiro atoms. The van der Waals surface area contributed by atoms with Gasteiger partial charge in [-0.15, -0.1) is 0 Å². The molecule has 1 saturated heterocycles. The van der Waals surface area contributed by atoms with Crippen LogP contribution in [0.5, 0.6) is 11.5 Å². The van der Waals surface area contributed by atoms with Crippen molar-refractivity contribution in [2.75, 3.05) is 34.0 Å². The van der Waals surface area contributed by atoms with Gasteiger partial charge in [0.1, 0.15) is 6.10 Å². The molecule has 5 heteroatoms. The first kappa shape index (κ1) is 19.7. The molecule has 27 heavy (non-hydrogen) atoms. The van der Waals surface area contributed by atoms with Crippen LogP contribution in [0.15, 0.2) is 36.4 Å². The number of aliphatic hydroxyl groups is 1. The van der Waals surface area contributed by atoms with E-state index in [0.717, 1.165) is 18.7 Å². The molecule has 1 aliphatic rings. The van der Waals surface area contributed by atoms with Crippen molar-refractivity contribution in [3.05, 3.63) is 58.7 Å². The van der Waals surface area contributed by atoms with Crippen molar-refractivity contribution in [3.63, 3.8) is 0 Å². The minimum Gasteiger partial charge on any atom is -0.493 e. The van der Waals surface area contributed by atoms with Crippen LogP contribution < -0.4 is 9.47 Å². The molecule has 3 rings (SSSR count). The highest BCUT2D eigenvalue weighted by Crippen LogP contribution is 2.36. The Labute approximate surface area is 161 Å². The van der Waals surface area contributed by atoms with Gasteiger partial charge in [0, 0.05) is 13.1 Å². The van der Waals surface area contributed by atoms with Crippen LogP contribution in [-0.4, -0.2) is 50.1 Å². The van der Waals surface area contributed by atoms with Crippen molar-refractivity contribution >= 4 is 0 Å². The summed E-state index contributed by atoms with van der Waals surface area (Å²) in [6.07, 6.45) is -0.275. The summed E-state index contributed by atoms with van der Waals surface area (Å²) in [5, 5.41) is 9.91. The molecule has 146 valence electrons. The third-order valence-corrected chi connectivity index (χ3v) is 5.34. The van der Waals surface area contributed by atoms with Crippen LogP contribution in [0.2, 0.25) is 0 Å². The number of benzene rings is 2. The number of hydrogen-bond acceptors (Lipinski definition) is 5. The number of ether oxygens (including phenoxy) is 3. The second-order valence-corrected chi connectivity index (χ2v) is 7.04. The van der Waals surface area contributed by atoms with Gasteiger partial charge in [0.25, 0.3) is 0 Å². The Morgan fingerprint density at radius 2 is 1.81 bits per heavy atom. The number of aryl methyl sites for hydroxylation is 2. The summed E-state index contributed by atoms with van der Waals surface area (Å²) in [5.41, 5.74) is 4.91. The first-order chi connectivity index (χ1) is 13.1. The number of aliphatic hydroxyl groups excluding tert-OH is 1. The van der Waals surface area contributed by atoms with Crippen LogP contribution in [0.3, 0.4) is 0 Å². The number of morpholine rings is 1. The zero-order chi connectivity index (χ0) is 19.4. The molecule has 5 nitrogen and oxygen atoms in total. The van der Waals surface area contributed by atoms with E-state index in [-0.39, 0.29) is 18.8 Å². The molecular weight excluding hydrogens is 342 g/mol. The van der Waals surface area contributed by atoms with Gasteiger partial charge in [0.15, 0.2) is 11.5 Å². The molecule has 0 unspecified atom stereocenters. The molecule has 2 atom stereocenters. The molecular formula is C22H29NO4. The van der Waals surface area contributed by atoms with Gasteiger partial charge in [0.05, 0.1) is 33.5 Å². The Bertz CT molecular complexity index is 777. The summed E-state index contributed by atoms with van der Waals surface area (Å²) in [4.78, 5) is 2.37. The first-order valence-electron chi connectivity index (χ1n) is 9.32. The molecule has 0 aromatic heterocycles. The minimum atomic E-state index is -0.275. The Hall–Kier alpha value is -2.08. The highest BCUT2D eigenvalue weighted by atomic mass is 16.5. The van der Waals surface area contributed by atoms with E-state index >= 15 is 0 Å². The maximum Gasteiger partial charge on any atom is 0.161 e. The molecule has 2 aromatic carbocycles. The van der Waals surface area contributed by atoms with Gasteiger partial charge >= 0.3 is 0 Å². The molecule has 0 radical (unpaired) electrons. The van der Waals surface area contributed by atoms with E-state index in [0.29, 0.717) is 18.1 Å². The van der Waals surface area contributed by atoms with Gasteiger partial charge in [-0.05, 0) is 48.2 Å². The van der Waals surface area contributed by atoms with Gasteiger partial charge < -0.3 is 19.3 Å². The molecule has 1 N–H and O–H groups in total. The average molecular weight is 371 g/mol. The first-order valence-corrected chi connectivity index (χ1v) is 9.32. The van der Waals surface area contributed by atoms with Crippen LogP contribution in [-0.2, 0) is 11.3 Å². The summed E-state index contributed by atoms with van der Waals surface area (Å²) in [6, 6.07) is 12.4. The maximum absolute atomic E-state index is 9.91. The smallest absolute Gasteiger partial charge is 0.161 e. The molecule has 1 fully saturated rings. The summed E-state index contributed by atoms with van der Waals surface area (Å²) in [5.74, 6) is 1.38. The van der Waals surface area contributed by atoms with Gasteiger partial charge in [-0.2, -0.15) is 0 Å². The third-order valence-electron chi connectivity index (χ3n) is 5.34. The van der Waals surface area contributed by atoms with Crippen LogP contribution in [0.1, 0.15) is 28.3 Å². The lowest BCUT2D eigenvalue weighted by atomic mass is 9.96. The number of methoxy groups -OCH3 is 2. The normalized spacial score (nSPS) is 20.5. The Balaban J connectivity index is 1.93. The van der Waals surface area contributed by atoms with E-state index in [1.807, 2.05) is 18.2 Å². The van der Waals surface area contributed by atoms with E-state index in [9.17, 15) is 5.11 Å². The molecule has 2 aromatic rings. The molecule has 0 bridgehead atoms. The van der Waals surface area contributed by atoms with Crippen molar-refractivity contribution in [2.45, 2.75) is 32.5 Å². The third kappa shape index (κ3) is 4.26. The minimum absolute atomic E-state index is 0.0254. The highest BCUT2D eigenvalue weighted by Gasteiger charge is 2.33.